The minimum atomic E-state index is -3.97. The largest absolute Gasteiger partial charge is 0.483 e. The van der Waals surface area contributed by atoms with Crippen LogP contribution in [-0.4, -0.2) is 82.2 Å². The quantitative estimate of drug-likeness (QED) is 0.348. The van der Waals surface area contributed by atoms with E-state index in [1.807, 2.05) is 37.3 Å². The van der Waals surface area contributed by atoms with Crippen LogP contribution in [0.3, 0.4) is 0 Å². The van der Waals surface area contributed by atoms with E-state index in [1.165, 1.54) is 4.90 Å². The van der Waals surface area contributed by atoms with Crippen LogP contribution in [0.2, 0.25) is 0 Å². The highest BCUT2D eigenvalue weighted by Gasteiger charge is 2.64. The number of hydrogen-bond donors (Lipinski definition) is 3. The van der Waals surface area contributed by atoms with E-state index in [0.29, 0.717) is 44.9 Å². The standard InChI is InChI=1S/C41H51N5O8S/c1-38(18-19-38)54-37(50)43-30-13-7-5-3-4-6-10-26-22-41(26,36(49)45-55(51,52)39(2)20-21-39)44-34(47)31-23-40(24-46(31)35(30)48)17-16-28-27-11-8-9-12-29(27)42-32(25-14-15-25)33(28)53-40/h6,8-12,25-26,30-31H,3-5,7,13-24H2,1-2H3,(H,43,50)(H,44,47)(H,45,49)/b10-6-/t26-,30+,31+,40-,41-/m1/s1. The highest BCUT2D eigenvalue weighted by molar-refractivity contribution is 7.91. The van der Waals surface area contributed by atoms with Gasteiger partial charge in [0.1, 0.15) is 34.6 Å². The number of carbonyl (C=O) groups excluding carboxylic acids is 4. The molecule has 13 nitrogen and oxygen atoms in total. The van der Waals surface area contributed by atoms with Gasteiger partial charge in [-0.15, -0.1) is 0 Å². The smallest absolute Gasteiger partial charge is 0.408 e. The molecule has 1 saturated heterocycles. The van der Waals surface area contributed by atoms with Gasteiger partial charge in [-0.1, -0.05) is 43.2 Å². The number of nitrogens with one attached hydrogen (secondary N) is 3. The Bertz CT molecular complexity index is 2110. The summed E-state index contributed by atoms with van der Waals surface area (Å²) in [4.78, 5) is 63.3. The highest BCUT2D eigenvalue weighted by Crippen LogP contribution is 2.52. The lowest BCUT2D eigenvalue weighted by atomic mass is 9.86. The molecule has 55 heavy (non-hydrogen) atoms. The number of alkyl carbamates (subject to hydrolysis) is 1. The number of hydrogen-bond acceptors (Lipinski definition) is 9. The Morgan fingerprint density at radius 1 is 1.00 bits per heavy atom. The topological polar surface area (TPSA) is 173 Å². The van der Waals surface area contributed by atoms with Gasteiger partial charge >= 0.3 is 6.09 Å². The molecule has 4 amide bonds. The Hall–Kier alpha value is -4.20. The van der Waals surface area contributed by atoms with Gasteiger partial charge in [0.15, 0.2) is 0 Å². The summed E-state index contributed by atoms with van der Waals surface area (Å²) in [5.74, 6) is -1.11. The number of allylic oxidation sites excluding steroid dienone is 1. The normalized spacial score (nSPS) is 32.7. The molecule has 1 spiro atoms. The molecule has 3 aliphatic heterocycles. The lowest BCUT2D eigenvalue weighted by Crippen LogP contribution is -2.58. The average Bonchev–Trinajstić information content (AvgIpc) is 3.97. The number of para-hydroxylation sites is 1. The molecular formula is C41H51N5O8S. The maximum Gasteiger partial charge on any atom is 0.408 e. The van der Waals surface area contributed by atoms with Gasteiger partial charge in [-0.05, 0) is 97.0 Å². The van der Waals surface area contributed by atoms with Crippen molar-refractivity contribution in [2.75, 3.05) is 6.54 Å². The molecule has 2 aromatic rings. The van der Waals surface area contributed by atoms with Crippen LogP contribution in [0.5, 0.6) is 5.75 Å². The van der Waals surface area contributed by atoms with Crippen LogP contribution in [0, 0.1) is 5.92 Å². The molecule has 0 bridgehead atoms. The molecule has 3 N–H and O–H groups in total. The van der Waals surface area contributed by atoms with E-state index in [-0.39, 0.29) is 25.3 Å². The molecule has 294 valence electrons. The van der Waals surface area contributed by atoms with E-state index < -0.39 is 73.3 Å². The Morgan fingerprint density at radius 3 is 2.53 bits per heavy atom. The van der Waals surface area contributed by atoms with E-state index in [4.69, 9.17) is 14.5 Å². The van der Waals surface area contributed by atoms with Crippen molar-refractivity contribution in [1.29, 1.82) is 0 Å². The van der Waals surface area contributed by atoms with Crippen LogP contribution in [0.1, 0.15) is 121 Å². The number of fused-ring (bicyclic) bond motifs is 5. The molecule has 9 rings (SSSR count). The SMILES string of the molecule is CC1(OC(=O)N[C@H]2CCCCC/C=C\[C@@H]3C[C@@]3(C(=O)NS(=O)(=O)C3(C)CC3)NC(=O)[C@@H]3C[C@]4(CCc5c(c(C6CC6)nc6ccccc56)O4)CN3C2=O)CC1. The van der Waals surface area contributed by atoms with E-state index >= 15 is 0 Å². The molecule has 1 aromatic carbocycles. The first kappa shape index (κ1) is 36.4. The number of rotatable bonds is 6. The van der Waals surface area contributed by atoms with Crippen molar-refractivity contribution < 1.29 is 37.1 Å². The number of carbonyl (C=O) groups is 4. The fourth-order valence-electron chi connectivity index (χ4n) is 8.81. The molecule has 4 aliphatic carbocycles. The first-order valence-electron chi connectivity index (χ1n) is 20.2. The van der Waals surface area contributed by atoms with Crippen molar-refractivity contribution in [3.8, 4) is 5.75 Å². The Labute approximate surface area is 321 Å². The van der Waals surface area contributed by atoms with E-state index in [9.17, 15) is 27.6 Å². The van der Waals surface area contributed by atoms with Gasteiger partial charge in [-0.25, -0.2) is 18.2 Å². The number of aromatic nitrogens is 1. The fourth-order valence-corrected chi connectivity index (χ4v) is 10.1. The summed E-state index contributed by atoms with van der Waals surface area (Å²) >= 11 is 0. The third-order valence-electron chi connectivity index (χ3n) is 13.3. The van der Waals surface area contributed by atoms with Crippen molar-refractivity contribution in [3.63, 3.8) is 0 Å². The van der Waals surface area contributed by atoms with Gasteiger partial charge in [-0.2, -0.15) is 0 Å². The van der Waals surface area contributed by atoms with Gasteiger partial charge < -0.3 is 25.0 Å². The van der Waals surface area contributed by atoms with Crippen molar-refractivity contribution in [1.82, 2.24) is 25.2 Å². The number of sulfonamides is 1. The lowest BCUT2D eigenvalue weighted by Gasteiger charge is -2.37. The molecule has 4 saturated carbocycles. The average molecular weight is 774 g/mol. The molecular weight excluding hydrogens is 723 g/mol. The summed E-state index contributed by atoms with van der Waals surface area (Å²) in [5.41, 5.74) is -0.0364. The van der Waals surface area contributed by atoms with Gasteiger partial charge in [0, 0.05) is 29.2 Å². The summed E-state index contributed by atoms with van der Waals surface area (Å²) in [6.07, 6.45) is 12.6. The minimum absolute atomic E-state index is 0.0977. The van der Waals surface area contributed by atoms with Crippen molar-refractivity contribution in [2.24, 2.45) is 5.92 Å². The predicted octanol–water partition coefficient (Wildman–Crippen LogP) is 4.82. The molecule has 7 aliphatic rings. The second-order valence-electron chi connectivity index (χ2n) is 17.8. The van der Waals surface area contributed by atoms with Gasteiger partial charge in [0.2, 0.25) is 21.8 Å². The van der Waals surface area contributed by atoms with Crippen LogP contribution in [0.4, 0.5) is 4.79 Å². The summed E-state index contributed by atoms with van der Waals surface area (Å²) < 4.78 is 40.5. The Balaban J connectivity index is 1.06. The monoisotopic (exact) mass is 773 g/mol. The number of benzene rings is 1. The third-order valence-corrected chi connectivity index (χ3v) is 15.4. The van der Waals surface area contributed by atoms with Crippen molar-refractivity contribution >= 4 is 44.7 Å². The molecule has 1 aromatic heterocycles. The second kappa shape index (κ2) is 12.9. The maximum absolute atomic E-state index is 14.8. The zero-order valence-corrected chi connectivity index (χ0v) is 32.5. The van der Waals surface area contributed by atoms with Crippen LogP contribution in [0.25, 0.3) is 10.9 Å². The summed E-state index contributed by atoms with van der Waals surface area (Å²) in [5, 5.41) is 6.86. The number of pyridine rings is 1. The summed E-state index contributed by atoms with van der Waals surface area (Å²) in [6, 6.07) is 6.05. The molecule has 0 unspecified atom stereocenters. The minimum Gasteiger partial charge on any atom is -0.483 e. The molecule has 0 radical (unpaired) electrons. The summed E-state index contributed by atoms with van der Waals surface area (Å²) in [6.45, 7) is 3.57. The number of ether oxygens (including phenoxy) is 2. The lowest BCUT2D eigenvalue weighted by molar-refractivity contribution is -0.141. The van der Waals surface area contributed by atoms with Crippen LogP contribution >= 0.6 is 0 Å². The number of amides is 4. The Kier molecular flexibility index (Phi) is 8.56. The third kappa shape index (κ3) is 6.75. The van der Waals surface area contributed by atoms with Crippen LogP contribution in [-0.2, 0) is 35.6 Å². The summed E-state index contributed by atoms with van der Waals surface area (Å²) in [7, 11) is -3.97. The molecule has 5 fully saturated rings. The maximum atomic E-state index is 14.8. The van der Waals surface area contributed by atoms with Gasteiger partial charge in [-0.3, -0.25) is 19.1 Å². The van der Waals surface area contributed by atoms with Gasteiger partial charge in [0.05, 0.1) is 22.5 Å². The van der Waals surface area contributed by atoms with Crippen LogP contribution in [0.15, 0.2) is 36.4 Å². The second-order valence-corrected chi connectivity index (χ2v) is 20.0. The predicted molar refractivity (Wildman–Crippen MR) is 202 cm³/mol. The number of nitrogens with zero attached hydrogens (tertiary/aromatic N) is 2. The Morgan fingerprint density at radius 2 is 1.78 bits per heavy atom. The first-order valence-corrected chi connectivity index (χ1v) is 21.7. The zero-order chi connectivity index (χ0) is 38.4. The van der Waals surface area contributed by atoms with Crippen LogP contribution < -0.4 is 20.1 Å². The van der Waals surface area contributed by atoms with Gasteiger partial charge in [0.25, 0.3) is 5.91 Å². The molecule has 14 heteroatoms. The van der Waals surface area contributed by atoms with Crippen molar-refractivity contribution in [2.45, 2.75) is 150 Å². The fraction of sp³-hybridized carbons (Fsp3) is 0.634. The van der Waals surface area contributed by atoms with E-state index in [1.54, 1.807) is 6.92 Å². The van der Waals surface area contributed by atoms with E-state index in [0.717, 1.165) is 66.4 Å². The highest BCUT2D eigenvalue weighted by atomic mass is 32.2. The molecule has 5 atom stereocenters. The van der Waals surface area contributed by atoms with E-state index in [2.05, 4.69) is 21.4 Å². The zero-order valence-electron chi connectivity index (χ0n) is 31.7. The number of aryl methyl sites for hydroxylation is 1. The van der Waals surface area contributed by atoms with Crippen molar-refractivity contribution in [3.05, 3.63) is 47.7 Å². The molecule has 4 heterocycles. The first-order chi connectivity index (χ1) is 26.2.